The van der Waals surface area contributed by atoms with Crippen LogP contribution in [0.4, 0.5) is 4.39 Å². The summed E-state index contributed by atoms with van der Waals surface area (Å²) in [6, 6.07) is 4.15. The average molecular weight is 225 g/mol. The minimum atomic E-state index is -0.646. The third-order valence-electron chi connectivity index (χ3n) is 2.00. The van der Waals surface area contributed by atoms with E-state index in [9.17, 15) is 4.39 Å². The van der Waals surface area contributed by atoms with E-state index in [1.165, 1.54) is 12.1 Å². The number of phenols is 1. The van der Waals surface area contributed by atoms with E-state index in [2.05, 4.69) is 10.3 Å². The molecule has 1 rings (SSSR count). The number of phenolic OH excluding ortho intramolecular Hbond substituents is 1. The van der Waals surface area contributed by atoms with Gasteiger partial charge in [0.1, 0.15) is 0 Å². The molecule has 0 fully saturated rings. The second kappa shape index (κ2) is 5.95. The van der Waals surface area contributed by atoms with Gasteiger partial charge in [-0.1, -0.05) is 13.0 Å². The molecule has 0 aromatic heterocycles. The molecule has 0 saturated heterocycles. The molecule has 0 bridgehead atoms. The molecule has 0 saturated carbocycles. The van der Waals surface area contributed by atoms with E-state index in [4.69, 9.17) is 10.8 Å². The summed E-state index contributed by atoms with van der Waals surface area (Å²) >= 11 is 0. The van der Waals surface area contributed by atoms with Crippen molar-refractivity contribution in [2.45, 2.75) is 19.9 Å². The molecule has 5 heteroatoms. The van der Waals surface area contributed by atoms with Gasteiger partial charge in [0, 0.05) is 6.54 Å². The number of halogens is 1. The highest BCUT2D eigenvalue weighted by Gasteiger charge is 2.00. The van der Waals surface area contributed by atoms with Crippen LogP contribution in [0.3, 0.4) is 0 Å². The molecular formula is C11H16FN3O. The van der Waals surface area contributed by atoms with Crippen molar-refractivity contribution in [2.75, 3.05) is 6.54 Å². The predicted octanol–water partition coefficient (Wildman–Crippen LogP) is 1.35. The van der Waals surface area contributed by atoms with Crippen LogP contribution in [0.5, 0.6) is 5.75 Å². The maximum Gasteiger partial charge on any atom is 0.188 e. The first-order chi connectivity index (χ1) is 7.63. The smallest absolute Gasteiger partial charge is 0.188 e. The van der Waals surface area contributed by atoms with Gasteiger partial charge in [0.25, 0.3) is 0 Å². The molecule has 0 aliphatic rings. The Morgan fingerprint density at radius 1 is 1.56 bits per heavy atom. The molecule has 4 nitrogen and oxygen atoms in total. The number of aliphatic imine (C=N–C) groups is 1. The van der Waals surface area contributed by atoms with Crippen molar-refractivity contribution in [2.24, 2.45) is 10.7 Å². The van der Waals surface area contributed by atoms with Crippen LogP contribution in [-0.4, -0.2) is 17.6 Å². The average Bonchev–Trinajstić information content (AvgIpc) is 2.28. The summed E-state index contributed by atoms with van der Waals surface area (Å²) in [5, 5.41) is 11.9. The monoisotopic (exact) mass is 225 g/mol. The van der Waals surface area contributed by atoms with E-state index < -0.39 is 5.82 Å². The van der Waals surface area contributed by atoms with Gasteiger partial charge in [-0.3, -0.25) is 0 Å². The zero-order valence-corrected chi connectivity index (χ0v) is 9.20. The number of rotatable bonds is 4. The Hall–Kier alpha value is -1.78. The van der Waals surface area contributed by atoms with Crippen molar-refractivity contribution < 1.29 is 9.50 Å². The van der Waals surface area contributed by atoms with Gasteiger partial charge in [-0.2, -0.15) is 0 Å². The maximum absolute atomic E-state index is 13.0. The summed E-state index contributed by atoms with van der Waals surface area (Å²) in [7, 11) is 0. The highest BCUT2D eigenvalue weighted by atomic mass is 19.1. The number of aromatic hydroxyl groups is 1. The highest BCUT2D eigenvalue weighted by Crippen LogP contribution is 2.16. The molecule has 1 aromatic carbocycles. The fourth-order valence-electron chi connectivity index (χ4n) is 1.13. The Labute approximate surface area is 94.0 Å². The van der Waals surface area contributed by atoms with Gasteiger partial charge in [-0.25, -0.2) is 9.38 Å². The third-order valence-corrected chi connectivity index (χ3v) is 2.00. The maximum atomic E-state index is 13.0. The largest absolute Gasteiger partial charge is 0.505 e. The van der Waals surface area contributed by atoms with E-state index in [0.29, 0.717) is 18.1 Å². The molecule has 0 amide bonds. The third kappa shape index (κ3) is 3.76. The number of hydrogen-bond donors (Lipinski definition) is 3. The van der Waals surface area contributed by atoms with E-state index in [0.717, 1.165) is 13.0 Å². The molecule has 0 spiro atoms. The number of nitrogens with zero attached hydrogens (tertiary/aromatic N) is 1. The molecule has 16 heavy (non-hydrogen) atoms. The summed E-state index contributed by atoms with van der Waals surface area (Å²) in [6.07, 6.45) is 0.962. The van der Waals surface area contributed by atoms with E-state index in [1.807, 2.05) is 6.92 Å². The van der Waals surface area contributed by atoms with Gasteiger partial charge in [0.05, 0.1) is 6.54 Å². The first kappa shape index (κ1) is 12.3. The molecule has 0 aliphatic carbocycles. The zero-order valence-electron chi connectivity index (χ0n) is 9.20. The Kier molecular flexibility index (Phi) is 4.57. The van der Waals surface area contributed by atoms with E-state index in [1.54, 1.807) is 6.07 Å². The number of nitrogens with two attached hydrogens (primary N) is 1. The molecule has 0 unspecified atom stereocenters. The van der Waals surface area contributed by atoms with Crippen LogP contribution in [0.25, 0.3) is 0 Å². The second-order valence-electron chi connectivity index (χ2n) is 3.41. The van der Waals surface area contributed by atoms with Crippen LogP contribution in [0.15, 0.2) is 23.2 Å². The van der Waals surface area contributed by atoms with Crippen molar-refractivity contribution >= 4 is 5.96 Å². The van der Waals surface area contributed by atoms with Gasteiger partial charge in [-0.15, -0.1) is 0 Å². The summed E-state index contributed by atoms with van der Waals surface area (Å²) in [5.74, 6) is -0.659. The predicted molar refractivity (Wildman–Crippen MR) is 61.7 cm³/mol. The molecule has 88 valence electrons. The SMILES string of the molecule is CCCNC(N)=NCc1ccc(O)c(F)c1. The number of benzene rings is 1. The highest BCUT2D eigenvalue weighted by molar-refractivity contribution is 5.77. The first-order valence-electron chi connectivity index (χ1n) is 5.14. The van der Waals surface area contributed by atoms with Crippen molar-refractivity contribution in [3.05, 3.63) is 29.6 Å². The first-order valence-corrected chi connectivity index (χ1v) is 5.14. The minimum absolute atomic E-state index is 0.291. The number of hydrogen-bond acceptors (Lipinski definition) is 2. The summed E-state index contributed by atoms with van der Waals surface area (Å²) < 4.78 is 13.0. The van der Waals surface area contributed by atoms with E-state index >= 15 is 0 Å². The number of nitrogens with one attached hydrogen (secondary N) is 1. The quantitative estimate of drug-likeness (QED) is 0.535. The lowest BCUT2D eigenvalue weighted by atomic mass is 10.2. The van der Waals surface area contributed by atoms with E-state index in [-0.39, 0.29) is 5.75 Å². The Bertz CT molecular complexity index is 379. The van der Waals surface area contributed by atoms with Crippen LogP contribution in [-0.2, 0) is 6.54 Å². The van der Waals surface area contributed by atoms with Gasteiger partial charge in [-0.05, 0) is 24.1 Å². The normalized spacial score (nSPS) is 11.5. The lowest BCUT2D eigenvalue weighted by molar-refractivity contribution is 0.432. The van der Waals surface area contributed by atoms with Crippen LogP contribution in [0.2, 0.25) is 0 Å². The molecule has 0 aliphatic heterocycles. The lowest BCUT2D eigenvalue weighted by Crippen LogP contribution is -2.32. The molecular weight excluding hydrogens is 209 g/mol. The van der Waals surface area contributed by atoms with Crippen molar-refractivity contribution in [1.82, 2.24) is 5.32 Å². The molecule has 0 radical (unpaired) electrons. The lowest BCUT2D eigenvalue weighted by Gasteiger charge is -2.03. The van der Waals surface area contributed by atoms with Gasteiger partial charge in [0.2, 0.25) is 0 Å². The Morgan fingerprint density at radius 3 is 2.94 bits per heavy atom. The molecule has 1 aromatic rings. The summed E-state index contributed by atoms with van der Waals surface area (Å²) in [4.78, 5) is 4.04. The summed E-state index contributed by atoms with van der Waals surface area (Å²) in [5.41, 5.74) is 6.23. The fraction of sp³-hybridized carbons (Fsp3) is 0.364. The van der Waals surface area contributed by atoms with Crippen molar-refractivity contribution in [3.8, 4) is 5.75 Å². The summed E-state index contributed by atoms with van der Waals surface area (Å²) in [6.45, 7) is 3.08. The van der Waals surface area contributed by atoms with Crippen LogP contribution in [0, 0.1) is 5.82 Å². The van der Waals surface area contributed by atoms with Crippen LogP contribution in [0.1, 0.15) is 18.9 Å². The topological polar surface area (TPSA) is 70.6 Å². The standard InChI is InChI=1S/C11H16FN3O/c1-2-5-14-11(13)15-7-8-3-4-10(16)9(12)6-8/h3-4,6,16H,2,5,7H2,1H3,(H3,13,14,15). The molecule has 0 heterocycles. The van der Waals surface area contributed by atoms with Crippen LogP contribution < -0.4 is 11.1 Å². The van der Waals surface area contributed by atoms with Gasteiger partial charge in [0.15, 0.2) is 17.5 Å². The van der Waals surface area contributed by atoms with Gasteiger partial charge < -0.3 is 16.2 Å². The number of guanidine groups is 1. The Morgan fingerprint density at radius 2 is 2.31 bits per heavy atom. The van der Waals surface area contributed by atoms with Gasteiger partial charge >= 0.3 is 0 Å². The zero-order chi connectivity index (χ0) is 12.0. The fourth-order valence-corrected chi connectivity index (χ4v) is 1.13. The molecule has 4 N–H and O–H groups in total. The van der Waals surface area contributed by atoms with Crippen molar-refractivity contribution in [3.63, 3.8) is 0 Å². The minimum Gasteiger partial charge on any atom is -0.505 e. The second-order valence-corrected chi connectivity index (χ2v) is 3.41. The van der Waals surface area contributed by atoms with Crippen LogP contribution >= 0.6 is 0 Å². The molecule has 0 atom stereocenters. The Balaban J connectivity index is 2.56. The van der Waals surface area contributed by atoms with Crippen molar-refractivity contribution in [1.29, 1.82) is 0 Å².